The van der Waals surface area contributed by atoms with E-state index in [4.69, 9.17) is 4.99 Å². The van der Waals surface area contributed by atoms with Crippen LogP contribution >= 0.6 is 23.5 Å². The van der Waals surface area contributed by atoms with Crippen LogP contribution in [0, 0.1) is 13.8 Å². The van der Waals surface area contributed by atoms with Crippen LogP contribution < -0.4 is 0 Å². The van der Waals surface area contributed by atoms with Gasteiger partial charge in [0.05, 0.1) is 16.4 Å². The summed E-state index contributed by atoms with van der Waals surface area (Å²) in [5.41, 5.74) is 3.70. The predicted octanol–water partition coefficient (Wildman–Crippen LogP) is 4.26. The molecule has 1 fully saturated rings. The van der Waals surface area contributed by atoms with Crippen molar-refractivity contribution < 1.29 is 4.79 Å². The van der Waals surface area contributed by atoms with Gasteiger partial charge in [-0.2, -0.15) is 5.10 Å². The van der Waals surface area contributed by atoms with E-state index in [0.717, 1.165) is 33.6 Å². The molecule has 0 aliphatic carbocycles. The lowest BCUT2D eigenvalue weighted by atomic mass is 10.3. The third kappa shape index (κ3) is 3.12. The Morgan fingerprint density at radius 1 is 1.23 bits per heavy atom. The molecule has 26 heavy (non-hydrogen) atoms. The number of aryl methyl sites for hydroxylation is 2. The van der Waals surface area contributed by atoms with Gasteiger partial charge in [-0.15, -0.1) is 6.58 Å². The molecule has 0 bridgehead atoms. The molecular weight excluding hydrogens is 366 g/mol. The van der Waals surface area contributed by atoms with E-state index in [1.54, 1.807) is 22.7 Å². The molecule has 1 saturated heterocycles. The van der Waals surface area contributed by atoms with Crippen molar-refractivity contribution in [2.75, 3.05) is 13.1 Å². The quantitative estimate of drug-likeness (QED) is 0.615. The molecule has 138 valence electrons. The van der Waals surface area contributed by atoms with Gasteiger partial charge in [-0.3, -0.25) is 14.8 Å². The van der Waals surface area contributed by atoms with Crippen molar-refractivity contribution in [1.29, 1.82) is 0 Å². The summed E-state index contributed by atoms with van der Waals surface area (Å²) in [6.45, 7) is 15.2. The topological polar surface area (TPSA) is 64.6 Å². The zero-order valence-electron chi connectivity index (χ0n) is 15.7. The number of amidine groups is 1. The Balaban J connectivity index is 2.05. The van der Waals surface area contributed by atoms with Crippen LogP contribution in [-0.2, 0) is 4.79 Å². The molecule has 0 atom stereocenters. The molecule has 0 radical (unpaired) electrons. The van der Waals surface area contributed by atoms with E-state index in [9.17, 15) is 4.79 Å². The largest absolute Gasteiger partial charge is 0.338 e. The summed E-state index contributed by atoms with van der Waals surface area (Å²) < 4.78 is 0. The monoisotopic (exact) mass is 389 g/mol. The first-order valence-electron chi connectivity index (χ1n) is 8.47. The first kappa shape index (κ1) is 18.8. The van der Waals surface area contributed by atoms with Gasteiger partial charge in [-0.05, 0) is 46.4 Å². The van der Waals surface area contributed by atoms with Crippen LogP contribution in [0.1, 0.15) is 32.2 Å². The minimum absolute atomic E-state index is 0.0177. The van der Waals surface area contributed by atoms with Crippen LogP contribution in [0.5, 0.6) is 0 Å². The van der Waals surface area contributed by atoms with Crippen LogP contribution in [0.3, 0.4) is 0 Å². The van der Waals surface area contributed by atoms with Crippen molar-refractivity contribution in [2.24, 2.45) is 4.99 Å². The van der Waals surface area contributed by atoms with Gasteiger partial charge in [0.2, 0.25) is 0 Å². The fourth-order valence-corrected chi connectivity index (χ4v) is 5.22. The molecule has 0 aromatic carbocycles. The van der Waals surface area contributed by atoms with Crippen LogP contribution in [0.2, 0.25) is 0 Å². The Hall–Kier alpha value is -1.93. The highest BCUT2D eigenvalue weighted by Crippen LogP contribution is 2.47. The van der Waals surface area contributed by atoms with Crippen molar-refractivity contribution in [3.8, 4) is 0 Å². The number of H-pyrrole nitrogens is 1. The number of allylic oxidation sites excluding steroid dienone is 2. The van der Waals surface area contributed by atoms with Gasteiger partial charge >= 0.3 is 0 Å². The maximum absolute atomic E-state index is 13.1. The fourth-order valence-electron chi connectivity index (χ4n) is 2.88. The number of amides is 1. The molecule has 1 aromatic heterocycles. The second-order valence-electron chi connectivity index (χ2n) is 6.11. The first-order valence-corrected chi connectivity index (χ1v) is 10.1. The number of aromatic nitrogens is 2. The van der Waals surface area contributed by atoms with Gasteiger partial charge in [0.25, 0.3) is 5.91 Å². The second-order valence-corrected chi connectivity index (χ2v) is 8.29. The summed E-state index contributed by atoms with van der Waals surface area (Å²) in [5, 5.41) is 8.80. The Labute approximate surface area is 162 Å². The van der Waals surface area contributed by atoms with Crippen LogP contribution in [0.25, 0.3) is 0 Å². The third-order valence-electron chi connectivity index (χ3n) is 4.39. The zero-order chi connectivity index (χ0) is 19.0. The van der Waals surface area contributed by atoms with Crippen LogP contribution in [0.15, 0.2) is 38.2 Å². The maximum Gasteiger partial charge on any atom is 0.269 e. The minimum atomic E-state index is -0.0177. The molecule has 1 N–H and O–H groups in total. The number of aliphatic imine (C=N–C) groups is 1. The smallest absolute Gasteiger partial charge is 0.269 e. The van der Waals surface area contributed by atoms with Gasteiger partial charge < -0.3 is 4.90 Å². The Morgan fingerprint density at radius 3 is 2.54 bits per heavy atom. The molecular formula is C18H23N5OS2. The van der Waals surface area contributed by atoms with Crippen LogP contribution in [0.4, 0.5) is 5.69 Å². The van der Waals surface area contributed by atoms with E-state index < -0.39 is 0 Å². The SMILES string of the molecule is C=CCN1C(=O)/C(=C2/SC(C)=C(C)N2CC)SC1=Nc1c(C)n[nH]c1C. The highest BCUT2D eigenvalue weighted by molar-refractivity contribution is 8.19. The summed E-state index contributed by atoms with van der Waals surface area (Å²) in [5.74, 6) is -0.0177. The number of nitrogens with zero attached hydrogens (tertiary/aromatic N) is 4. The van der Waals surface area contributed by atoms with E-state index in [1.807, 2.05) is 13.8 Å². The Morgan fingerprint density at radius 2 is 1.96 bits per heavy atom. The molecule has 0 unspecified atom stereocenters. The van der Waals surface area contributed by atoms with Crippen molar-refractivity contribution in [2.45, 2.75) is 34.6 Å². The number of carbonyl (C=O) groups is 1. The lowest BCUT2D eigenvalue weighted by Crippen LogP contribution is -2.29. The van der Waals surface area contributed by atoms with Gasteiger partial charge in [-0.1, -0.05) is 17.8 Å². The highest BCUT2D eigenvalue weighted by Gasteiger charge is 2.38. The summed E-state index contributed by atoms with van der Waals surface area (Å²) in [4.78, 5) is 23.7. The van der Waals surface area contributed by atoms with Crippen molar-refractivity contribution in [3.05, 3.63) is 44.6 Å². The molecule has 1 amide bonds. The standard InChI is InChI=1S/C18H23N5OS2/c1-7-9-23-16(24)15(17-22(8-2)12(5)13(6)25-17)26-18(23)19-14-10(3)20-21-11(14)4/h7H,1,8-9H2,2-6H3,(H,20,21)/b17-15-,19-18?. The Kier molecular flexibility index (Phi) is 5.34. The lowest BCUT2D eigenvalue weighted by Gasteiger charge is -2.20. The number of thioether (sulfide) groups is 2. The van der Waals surface area contributed by atoms with Gasteiger partial charge in [0.15, 0.2) is 5.17 Å². The lowest BCUT2D eigenvalue weighted by molar-refractivity contribution is -0.122. The molecule has 3 rings (SSSR count). The van der Waals surface area contributed by atoms with E-state index >= 15 is 0 Å². The van der Waals surface area contributed by atoms with Gasteiger partial charge in [0, 0.05) is 23.7 Å². The minimum Gasteiger partial charge on any atom is -0.338 e. The van der Waals surface area contributed by atoms with Gasteiger partial charge in [0.1, 0.15) is 10.6 Å². The average Bonchev–Trinajstić information content (AvgIpc) is 3.19. The maximum atomic E-state index is 13.1. The summed E-state index contributed by atoms with van der Waals surface area (Å²) >= 11 is 3.09. The fraction of sp³-hybridized carbons (Fsp3) is 0.389. The van der Waals surface area contributed by atoms with Crippen molar-refractivity contribution in [1.82, 2.24) is 20.0 Å². The number of aromatic amines is 1. The van der Waals surface area contributed by atoms with E-state index in [-0.39, 0.29) is 5.91 Å². The number of hydrogen-bond donors (Lipinski definition) is 1. The number of hydrogen-bond acceptors (Lipinski definition) is 6. The normalized spacial score (nSPS) is 22.3. The van der Waals surface area contributed by atoms with E-state index in [1.165, 1.54) is 22.4 Å². The molecule has 6 nitrogen and oxygen atoms in total. The van der Waals surface area contributed by atoms with Crippen molar-refractivity contribution >= 4 is 40.3 Å². The van der Waals surface area contributed by atoms with Crippen LogP contribution in [-0.4, -0.2) is 44.2 Å². The third-order valence-corrected chi connectivity index (χ3v) is 6.81. The number of rotatable bonds is 4. The van der Waals surface area contributed by atoms with Crippen molar-refractivity contribution in [3.63, 3.8) is 0 Å². The molecule has 0 saturated carbocycles. The number of carbonyl (C=O) groups excluding carboxylic acids is 1. The van der Waals surface area contributed by atoms with Gasteiger partial charge in [-0.25, -0.2) is 4.99 Å². The second kappa shape index (κ2) is 7.36. The Bertz CT molecular complexity index is 845. The summed E-state index contributed by atoms with van der Waals surface area (Å²) in [6, 6.07) is 0. The zero-order valence-corrected chi connectivity index (χ0v) is 17.3. The molecule has 3 heterocycles. The summed E-state index contributed by atoms with van der Waals surface area (Å²) in [7, 11) is 0. The summed E-state index contributed by atoms with van der Waals surface area (Å²) in [6.07, 6.45) is 1.73. The molecule has 0 spiro atoms. The molecule has 2 aliphatic rings. The van der Waals surface area contributed by atoms with E-state index in [2.05, 4.69) is 42.4 Å². The number of nitrogens with one attached hydrogen (secondary N) is 1. The van der Waals surface area contributed by atoms with E-state index in [0.29, 0.717) is 11.7 Å². The molecule has 2 aliphatic heterocycles. The highest BCUT2D eigenvalue weighted by atomic mass is 32.2. The molecule has 1 aromatic rings. The first-order chi connectivity index (χ1) is 12.4. The predicted molar refractivity (Wildman–Crippen MR) is 110 cm³/mol. The average molecular weight is 390 g/mol. The molecule has 8 heteroatoms.